The van der Waals surface area contributed by atoms with Crippen molar-refractivity contribution in [2.24, 2.45) is 0 Å². The summed E-state index contributed by atoms with van der Waals surface area (Å²) < 4.78 is 0. The Morgan fingerprint density at radius 1 is 0.944 bits per heavy atom. The normalized spacial score (nSPS) is 10.1. The number of hydrogen-bond acceptors (Lipinski definition) is 4. The van der Waals surface area contributed by atoms with Gasteiger partial charge in [0.25, 0.3) is 0 Å². The van der Waals surface area contributed by atoms with E-state index < -0.39 is 0 Å². The maximum absolute atomic E-state index is 8.90. The van der Waals surface area contributed by atoms with E-state index in [1.165, 1.54) is 0 Å². The molecular formula is C14H17N3O. The first-order valence-electron chi connectivity index (χ1n) is 5.85. The van der Waals surface area contributed by atoms with Gasteiger partial charge in [-0.15, -0.1) is 0 Å². The van der Waals surface area contributed by atoms with Crippen molar-refractivity contribution in [1.29, 1.82) is 0 Å². The molecule has 0 aliphatic carbocycles. The number of nitrogens with two attached hydrogens (primary N) is 1. The summed E-state index contributed by atoms with van der Waals surface area (Å²) in [5.41, 5.74) is 15.5. The Bertz CT molecular complexity index is 497. The van der Waals surface area contributed by atoms with Crippen molar-refractivity contribution >= 4 is 17.1 Å². The van der Waals surface area contributed by atoms with E-state index in [0.717, 1.165) is 22.6 Å². The molecule has 0 aliphatic rings. The van der Waals surface area contributed by atoms with Crippen molar-refractivity contribution in [3.63, 3.8) is 0 Å². The lowest BCUT2D eigenvalue weighted by Gasteiger charge is -2.11. The molecule has 0 atom stereocenters. The summed E-state index contributed by atoms with van der Waals surface area (Å²) in [5, 5.41) is 8.90. The van der Waals surface area contributed by atoms with Crippen molar-refractivity contribution in [2.75, 3.05) is 23.2 Å². The van der Waals surface area contributed by atoms with Crippen LogP contribution in [0.3, 0.4) is 0 Å². The van der Waals surface area contributed by atoms with Gasteiger partial charge in [0.2, 0.25) is 0 Å². The first kappa shape index (κ1) is 12.3. The van der Waals surface area contributed by atoms with Crippen molar-refractivity contribution in [3.05, 3.63) is 54.1 Å². The molecule has 0 unspecified atom stereocenters. The van der Waals surface area contributed by atoms with E-state index >= 15 is 0 Å². The second kappa shape index (κ2) is 5.93. The molecule has 0 aromatic heterocycles. The fraction of sp³-hybridized carbons (Fsp3) is 0.143. The van der Waals surface area contributed by atoms with Gasteiger partial charge in [-0.3, -0.25) is 0 Å². The summed E-state index contributed by atoms with van der Waals surface area (Å²) in [6, 6.07) is 15.4. The summed E-state index contributed by atoms with van der Waals surface area (Å²) in [4.78, 5) is 0. The zero-order valence-corrected chi connectivity index (χ0v) is 10.1. The molecule has 4 heteroatoms. The number of nitrogens with one attached hydrogen (secondary N) is 2. The van der Waals surface area contributed by atoms with E-state index in [2.05, 4.69) is 10.9 Å². The molecule has 0 fully saturated rings. The van der Waals surface area contributed by atoms with Crippen molar-refractivity contribution in [1.82, 2.24) is 0 Å². The summed E-state index contributed by atoms with van der Waals surface area (Å²) in [5.74, 6) is 0. The molecule has 2 aromatic rings. The molecule has 18 heavy (non-hydrogen) atoms. The highest BCUT2D eigenvalue weighted by molar-refractivity contribution is 5.56. The predicted molar refractivity (Wildman–Crippen MR) is 75.3 cm³/mol. The number of aliphatic hydroxyl groups is 1. The smallest absolute Gasteiger partial charge is 0.0542 e. The van der Waals surface area contributed by atoms with Crippen LogP contribution < -0.4 is 16.6 Å². The molecular weight excluding hydrogens is 226 g/mol. The van der Waals surface area contributed by atoms with E-state index in [1.807, 2.05) is 48.5 Å². The molecule has 0 heterocycles. The van der Waals surface area contributed by atoms with Crippen LogP contribution in [0.1, 0.15) is 5.56 Å². The van der Waals surface area contributed by atoms with Crippen LogP contribution in [0.2, 0.25) is 0 Å². The average Bonchev–Trinajstić information content (AvgIpc) is 2.39. The number of nitrogen functional groups attached to an aromatic ring is 1. The third kappa shape index (κ3) is 3.40. The topological polar surface area (TPSA) is 70.3 Å². The van der Waals surface area contributed by atoms with Crippen molar-refractivity contribution in [2.45, 2.75) is 6.42 Å². The number of hydrazine groups is 1. The van der Waals surface area contributed by atoms with Gasteiger partial charge < -0.3 is 21.7 Å². The highest BCUT2D eigenvalue weighted by Gasteiger charge is 1.96. The van der Waals surface area contributed by atoms with Gasteiger partial charge in [0, 0.05) is 12.3 Å². The standard InChI is InChI=1S/C14H17N3O/c15-12-4-6-13(7-5-12)16-17-14-3-1-2-11(10-14)8-9-18/h1-7,10,16-18H,8-9,15H2. The zero-order valence-electron chi connectivity index (χ0n) is 10.1. The Morgan fingerprint density at radius 2 is 1.67 bits per heavy atom. The number of benzene rings is 2. The van der Waals surface area contributed by atoms with Gasteiger partial charge in [0.1, 0.15) is 0 Å². The van der Waals surface area contributed by atoms with E-state index in [-0.39, 0.29) is 6.61 Å². The van der Waals surface area contributed by atoms with Crippen LogP contribution >= 0.6 is 0 Å². The van der Waals surface area contributed by atoms with Crippen LogP contribution in [-0.2, 0) is 6.42 Å². The third-order valence-electron chi connectivity index (χ3n) is 2.59. The largest absolute Gasteiger partial charge is 0.399 e. The molecule has 0 spiro atoms. The van der Waals surface area contributed by atoms with Crippen LogP contribution in [-0.4, -0.2) is 11.7 Å². The molecule has 0 saturated heterocycles. The van der Waals surface area contributed by atoms with Crippen LogP contribution in [0, 0.1) is 0 Å². The molecule has 0 bridgehead atoms. The maximum Gasteiger partial charge on any atom is 0.0542 e. The number of hydrogen-bond donors (Lipinski definition) is 4. The zero-order chi connectivity index (χ0) is 12.8. The monoisotopic (exact) mass is 243 g/mol. The molecule has 2 aromatic carbocycles. The summed E-state index contributed by atoms with van der Waals surface area (Å²) in [6.45, 7) is 0.162. The second-order valence-electron chi connectivity index (χ2n) is 4.05. The maximum atomic E-state index is 8.90. The van der Waals surface area contributed by atoms with Crippen LogP contribution in [0.5, 0.6) is 0 Å². The van der Waals surface area contributed by atoms with Gasteiger partial charge in [0.15, 0.2) is 0 Å². The summed E-state index contributed by atoms with van der Waals surface area (Å²) >= 11 is 0. The Balaban J connectivity index is 1.97. The lowest BCUT2D eigenvalue weighted by molar-refractivity contribution is 0.299. The van der Waals surface area contributed by atoms with E-state index in [9.17, 15) is 0 Å². The second-order valence-corrected chi connectivity index (χ2v) is 4.05. The molecule has 2 rings (SSSR count). The van der Waals surface area contributed by atoms with Crippen LogP contribution in [0.25, 0.3) is 0 Å². The van der Waals surface area contributed by atoms with Gasteiger partial charge in [0.05, 0.1) is 11.4 Å². The van der Waals surface area contributed by atoms with Gasteiger partial charge in [-0.2, -0.15) is 0 Å². The van der Waals surface area contributed by atoms with Crippen LogP contribution in [0.4, 0.5) is 17.1 Å². The number of rotatable bonds is 5. The fourth-order valence-corrected chi connectivity index (χ4v) is 1.64. The molecule has 0 saturated carbocycles. The quantitative estimate of drug-likeness (QED) is 0.480. The summed E-state index contributed by atoms with van der Waals surface area (Å²) in [7, 11) is 0. The minimum absolute atomic E-state index is 0.162. The minimum atomic E-state index is 0.162. The molecule has 94 valence electrons. The van der Waals surface area contributed by atoms with Gasteiger partial charge >= 0.3 is 0 Å². The average molecular weight is 243 g/mol. The van der Waals surface area contributed by atoms with E-state index in [4.69, 9.17) is 10.8 Å². The summed E-state index contributed by atoms with van der Waals surface area (Å²) in [6.07, 6.45) is 0.664. The van der Waals surface area contributed by atoms with E-state index in [0.29, 0.717) is 6.42 Å². The Morgan fingerprint density at radius 3 is 2.39 bits per heavy atom. The number of anilines is 3. The van der Waals surface area contributed by atoms with Crippen molar-refractivity contribution < 1.29 is 5.11 Å². The van der Waals surface area contributed by atoms with Crippen LogP contribution in [0.15, 0.2) is 48.5 Å². The molecule has 5 N–H and O–H groups in total. The minimum Gasteiger partial charge on any atom is -0.399 e. The lowest BCUT2D eigenvalue weighted by atomic mass is 10.1. The molecule has 4 nitrogen and oxygen atoms in total. The highest BCUT2D eigenvalue weighted by atomic mass is 16.2. The number of aliphatic hydroxyl groups excluding tert-OH is 1. The fourth-order valence-electron chi connectivity index (χ4n) is 1.64. The Hall–Kier alpha value is -2.20. The van der Waals surface area contributed by atoms with Gasteiger partial charge in [-0.05, 0) is 48.4 Å². The van der Waals surface area contributed by atoms with Crippen molar-refractivity contribution in [3.8, 4) is 0 Å². The molecule has 0 radical (unpaired) electrons. The Kier molecular flexibility index (Phi) is 4.04. The first-order valence-corrected chi connectivity index (χ1v) is 5.85. The lowest BCUT2D eigenvalue weighted by Crippen LogP contribution is -2.08. The first-order chi connectivity index (χ1) is 8.78. The van der Waals surface area contributed by atoms with E-state index in [1.54, 1.807) is 0 Å². The predicted octanol–water partition coefficient (Wildman–Crippen LogP) is 2.24. The highest BCUT2D eigenvalue weighted by Crippen LogP contribution is 2.14. The SMILES string of the molecule is Nc1ccc(NNc2cccc(CCO)c2)cc1. The Labute approximate surface area is 106 Å². The molecule has 0 amide bonds. The van der Waals surface area contributed by atoms with Gasteiger partial charge in [-0.25, -0.2) is 0 Å². The third-order valence-corrected chi connectivity index (χ3v) is 2.59. The molecule has 0 aliphatic heterocycles. The van der Waals surface area contributed by atoms with Gasteiger partial charge in [-0.1, -0.05) is 12.1 Å².